The molecular formula is C15H25NO3S. The SMILES string of the molecule is Cc1cccc(CCN)c1OCCS(=O)(=O)C(C)(C)C. The second-order valence-corrected chi connectivity index (χ2v) is 8.74. The molecule has 0 atom stereocenters. The van der Waals surface area contributed by atoms with Crippen LogP contribution in [-0.4, -0.2) is 32.1 Å². The van der Waals surface area contributed by atoms with E-state index >= 15 is 0 Å². The Hall–Kier alpha value is -1.07. The molecule has 2 N–H and O–H groups in total. The molecule has 1 aromatic rings. The van der Waals surface area contributed by atoms with Crippen molar-refractivity contribution in [2.24, 2.45) is 5.73 Å². The molecule has 0 unspecified atom stereocenters. The van der Waals surface area contributed by atoms with E-state index in [0.29, 0.717) is 6.54 Å². The Balaban J connectivity index is 2.77. The highest BCUT2D eigenvalue weighted by Gasteiger charge is 2.28. The minimum absolute atomic E-state index is 0.0207. The van der Waals surface area contributed by atoms with Gasteiger partial charge in [0.1, 0.15) is 12.4 Å². The monoisotopic (exact) mass is 299 g/mol. The largest absolute Gasteiger partial charge is 0.492 e. The summed E-state index contributed by atoms with van der Waals surface area (Å²) in [6.07, 6.45) is 0.725. The number of rotatable bonds is 6. The summed E-state index contributed by atoms with van der Waals surface area (Å²) in [5.41, 5.74) is 7.62. The molecule has 4 nitrogen and oxygen atoms in total. The van der Waals surface area contributed by atoms with Gasteiger partial charge in [-0.3, -0.25) is 0 Å². The lowest BCUT2D eigenvalue weighted by molar-refractivity contribution is 0.334. The van der Waals surface area contributed by atoms with E-state index in [1.165, 1.54) is 0 Å². The molecule has 5 heteroatoms. The zero-order valence-electron chi connectivity index (χ0n) is 12.8. The minimum atomic E-state index is -3.16. The molecule has 0 aliphatic rings. The molecule has 0 aliphatic carbocycles. The first-order chi connectivity index (χ1) is 9.19. The van der Waals surface area contributed by atoms with Gasteiger partial charge in [0, 0.05) is 0 Å². The lowest BCUT2D eigenvalue weighted by Crippen LogP contribution is -2.32. The van der Waals surface area contributed by atoms with Crippen molar-refractivity contribution < 1.29 is 13.2 Å². The number of aryl methyl sites for hydroxylation is 1. The number of nitrogens with two attached hydrogens (primary N) is 1. The first kappa shape index (κ1) is 17.0. The average Bonchev–Trinajstić information content (AvgIpc) is 2.31. The van der Waals surface area contributed by atoms with Crippen LogP contribution in [0.3, 0.4) is 0 Å². The summed E-state index contributed by atoms with van der Waals surface area (Å²) in [6, 6.07) is 5.88. The molecule has 0 fully saturated rings. The van der Waals surface area contributed by atoms with Crippen LogP contribution >= 0.6 is 0 Å². The van der Waals surface area contributed by atoms with Crippen LogP contribution in [0.4, 0.5) is 0 Å². The molecule has 0 spiro atoms. The number of hydrogen-bond donors (Lipinski definition) is 1. The highest BCUT2D eigenvalue weighted by atomic mass is 32.2. The molecule has 0 bridgehead atoms. The third-order valence-corrected chi connectivity index (χ3v) is 5.81. The Morgan fingerprint density at radius 2 is 1.90 bits per heavy atom. The molecule has 0 aromatic heterocycles. The summed E-state index contributed by atoms with van der Waals surface area (Å²) in [4.78, 5) is 0. The van der Waals surface area contributed by atoms with Gasteiger partial charge < -0.3 is 10.5 Å². The fourth-order valence-corrected chi connectivity index (χ4v) is 2.75. The molecule has 0 saturated carbocycles. The highest BCUT2D eigenvalue weighted by molar-refractivity contribution is 7.92. The van der Waals surface area contributed by atoms with Gasteiger partial charge in [-0.25, -0.2) is 8.42 Å². The standard InChI is InChI=1S/C15H25NO3S/c1-12-6-5-7-13(8-9-16)14(12)19-10-11-20(17,18)15(2,3)4/h5-7H,8-11,16H2,1-4H3. The third-order valence-electron chi connectivity index (χ3n) is 3.24. The van der Waals surface area contributed by atoms with Crippen LogP contribution in [0.2, 0.25) is 0 Å². The number of para-hydroxylation sites is 1. The topological polar surface area (TPSA) is 69.4 Å². The van der Waals surface area contributed by atoms with Crippen molar-refractivity contribution in [3.8, 4) is 5.75 Å². The van der Waals surface area contributed by atoms with Crippen LogP contribution in [0.1, 0.15) is 31.9 Å². The Morgan fingerprint density at radius 1 is 1.25 bits per heavy atom. The van der Waals surface area contributed by atoms with E-state index in [1.807, 2.05) is 25.1 Å². The quantitative estimate of drug-likeness (QED) is 0.873. The third kappa shape index (κ3) is 4.21. The number of hydrogen-bond acceptors (Lipinski definition) is 4. The second-order valence-electron chi connectivity index (χ2n) is 5.88. The zero-order chi connectivity index (χ0) is 15.4. The van der Waals surface area contributed by atoms with Crippen LogP contribution in [0, 0.1) is 6.92 Å². The summed E-state index contributed by atoms with van der Waals surface area (Å²) in [5.74, 6) is 0.787. The Bertz CT molecular complexity index is 545. The summed E-state index contributed by atoms with van der Waals surface area (Å²) in [7, 11) is -3.16. The van der Waals surface area contributed by atoms with Crippen molar-refractivity contribution in [3.63, 3.8) is 0 Å². The van der Waals surface area contributed by atoms with Gasteiger partial charge in [-0.1, -0.05) is 18.2 Å². The van der Waals surface area contributed by atoms with Gasteiger partial charge in [-0.05, 0) is 51.8 Å². The zero-order valence-corrected chi connectivity index (χ0v) is 13.6. The number of ether oxygens (including phenoxy) is 1. The molecule has 0 radical (unpaired) electrons. The van der Waals surface area contributed by atoms with Crippen molar-refractivity contribution in [1.29, 1.82) is 0 Å². The molecule has 0 aliphatic heterocycles. The van der Waals surface area contributed by atoms with Crippen LogP contribution in [0.5, 0.6) is 5.75 Å². The van der Waals surface area contributed by atoms with E-state index in [4.69, 9.17) is 10.5 Å². The Kier molecular flexibility index (Phi) is 5.59. The van der Waals surface area contributed by atoms with Crippen molar-refractivity contribution in [3.05, 3.63) is 29.3 Å². The van der Waals surface area contributed by atoms with Crippen molar-refractivity contribution in [2.45, 2.75) is 38.9 Å². The predicted octanol–water partition coefficient (Wildman–Crippen LogP) is 2.09. The fraction of sp³-hybridized carbons (Fsp3) is 0.600. The molecule has 1 rings (SSSR count). The van der Waals surface area contributed by atoms with Gasteiger partial charge >= 0.3 is 0 Å². The van der Waals surface area contributed by atoms with E-state index in [2.05, 4.69) is 0 Å². The smallest absolute Gasteiger partial charge is 0.158 e. The van der Waals surface area contributed by atoms with E-state index in [9.17, 15) is 8.42 Å². The van der Waals surface area contributed by atoms with Crippen molar-refractivity contribution >= 4 is 9.84 Å². The highest BCUT2D eigenvalue weighted by Crippen LogP contribution is 2.24. The van der Waals surface area contributed by atoms with E-state index in [-0.39, 0.29) is 12.4 Å². The first-order valence-corrected chi connectivity index (χ1v) is 8.48. The Morgan fingerprint density at radius 3 is 2.45 bits per heavy atom. The van der Waals surface area contributed by atoms with E-state index < -0.39 is 14.6 Å². The van der Waals surface area contributed by atoms with Gasteiger partial charge in [0.05, 0.1) is 10.5 Å². The lowest BCUT2D eigenvalue weighted by atomic mass is 10.1. The van der Waals surface area contributed by atoms with Gasteiger partial charge in [0.2, 0.25) is 0 Å². The van der Waals surface area contributed by atoms with Crippen LogP contribution in [0.25, 0.3) is 0 Å². The second kappa shape index (κ2) is 6.59. The van der Waals surface area contributed by atoms with Gasteiger partial charge in [-0.15, -0.1) is 0 Å². The molecule has 20 heavy (non-hydrogen) atoms. The van der Waals surface area contributed by atoms with E-state index in [1.54, 1.807) is 20.8 Å². The minimum Gasteiger partial charge on any atom is -0.492 e. The maximum Gasteiger partial charge on any atom is 0.158 e. The lowest BCUT2D eigenvalue weighted by Gasteiger charge is -2.20. The predicted molar refractivity (Wildman–Crippen MR) is 83.0 cm³/mol. The normalized spacial score (nSPS) is 12.4. The van der Waals surface area contributed by atoms with Crippen molar-refractivity contribution in [1.82, 2.24) is 0 Å². The maximum atomic E-state index is 12.0. The molecule has 1 aromatic carbocycles. The Labute approximate surface area is 122 Å². The maximum absolute atomic E-state index is 12.0. The van der Waals surface area contributed by atoms with Crippen molar-refractivity contribution in [2.75, 3.05) is 18.9 Å². The summed E-state index contributed by atoms with van der Waals surface area (Å²) in [5, 5.41) is 0. The first-order valence-electron chi connectivity index (χ1n) is 6.82. The van der Waals surface area contributed by atoms with Gasteiger partial charge in [0.25, 0.3) is 0 Å². The van der Waals surface area contributed by atoms with Gasteiger partial charge in [0.15, 0.2) is 9.84 Å². The molecular weight excluding hydrogens is 274 g/mol. The molecule has 0 saturated heterocycles. The molecule has 114 valence electrons. The molecule has 0 heterocycles. The van der Waals surface area contributed by atoms with Crippen LogP contribution in [-0.2, 0) is 16.3 Å². The van der Waals surface area contributed by atoms with E-state index in [0.717, 1.165) is 23.3 Å². The summed E-state index contributed by atoms with van der Waals surface area (Å²) < 4.78 is 29.0. The van der Waals surface area contributed by atoms with Gasteiger partial charge in [-0.2, -0.15) is 0 Å². The summed E-state index contributed by atoms with van der Waals surface area (Å²) in [6.45, 7) is 7.78. The summed E-state index contributed by atoms with van der Waals surface area (Å²) >= 11 is 0. The fourth-order valence-electron chi connectivity index (χ4n) is 1.83. The van der Waals surface area contributed by atoms with Crippen LogP contribution < -0.4 is 10.5 Å². The molecule has 0 amide bonds. The average molecular weight is 299 g/mol. The van der Waals surface area contributed by atoms with Crippen LogP contribution in [0.15, 0.2) is 18.2 Å². The number of sulfone groups is 1. The number of benzene rings is 1.